The molecule has 2 aliphatic heterocycles. The minimum Gasteiger partial charge on any atom is -0.480 e. The zero-order valence-corrected chi connectivity index (χ0v) is 12.7. The Balaban J connectivity index is 1.97. The fourth-order valence-corrected chi connectivity index (χ4v) is 3.12. The van der Waals surface area contributed by atoms with E-state index in [1.165, 1.54) is 17.0 Å². The lowest BCUT2D eigenvalue weighted by atomic mass is 10.1. The first-order chi connectivity index (χ1) is 11.7. The van der Waals surface area contributed by atoms with Crippen molar-refractivity contribution in [3.05, 3.63) is 29.3 Å². The van der Waals surface area contributed by atoms with E-state index in [1.54, 1.807) is 0 Å². The number of anilines is 1. The summed E-state index contributed by atoms with van der Waals surface area (Å²) in [5.74, 6) is -1.58. The maximum Gasteiger partial charge on any atom is 0.417 e. The molecule has 3 rings (SSSR count). The van der Waals surface area contributed by atoms with Crippen molar-refractivity contribution in [1.29, 1.82) is 5.26 Å². The molecule has 0 radical (unpaired) electrons. The number of benzene rings is 1. The van der Waals surface area contributed by atoms with E-state index < -0.39 is 41.3 Å². The fraction of sp³-hybridized carbons (Fsp3) is 0.400. The van der Waals surface area contributed by atoms with Gasteiger partial charge in [-0.25, -0.2) is 0 Å². The van der Waals surface area contributed by atoms with E-state index in [0.29, 0.717) is 0 Å². The van der Waals surface area contributed by atoms with Crippen LogP contribution in [-0.4, -0.2) is 53.7 Å². The summed E-state index contributed by atoms with van der Waals surface area (Å²) in [4.78, 5) is 26.4. The zero-order chi connectivity index (χ0) is 18.4. The number of carbonyl (C=O) groups is 2. The van der Waals surface area contributed by atoms with E-state index in [0.717, 1.165) is 17.0 Å². The molecule has 10 heteroatoms. The van der Waals surface area contributed by atoms with Gasteiger partial charge in [-0.1, -0.05) is 0 Å². The Kier molecular flexibility index (Phi) is 4.14. The molecule has 1 aromatic carbocycles. The lowest BCUT2D eigenvalue weighted by Gasteiger charge is -2.33. The molecule has 0 saturated carbocycles. The third-order valence-corrected chi connectivity index (χ3v) is 4.36. The average Bonchev–Trinajstić information content (AvgIpc) is 2.90. The van der Waals surface area contributed by atoms with Gasteiger partial charge in [0.2, 0.25) is 5.91 Å². The predicted octanol–water partition coefficient (Wildman–Crippen LogP) is 0.608. The maximum absolute atomic E-state index is 13.1. The molecule has 0 bridgehead atoms. The number of alkyl halides is 3. The van der Waals surface area contributed by atoms with E-state index >= 15 is 0 Å². The number of carboxylic acids is 1. The predicted molar refractivity (Wildman–Crippen MR) is 78.4 cm³/mol. The number of aliphatic carboxylic acids is 1. The standard InChI is InChI=1S/C15H13F3N4O3/c16-15(17,18)10-3-9(2-1-8(10)4-19)21-7-22-11(13(21)23)5-20-6-12(22)14(24)25/h1-3,11-12,20H,5-7H2,(H,24,25). The molecule has 132 valence electrons. The Labute approximate surface area is 140 Å². The summed E-state index contributed by atoms with van der Waals surface area (Å²) >= 11 is 0. The molecule has 2 atom stereocenters. The van der Waals surface area contributed by atoms with Gasteiger partial charge in [0.1, 0.15) is 12.1 Å². The van der Waals surface area contributed by atoms with E-state index in [4.69, 9.17) is 5.26 Å². The van der Waals surface area contributed by atoms with Gasteiger partial charge in [0.05, 0.1) is 23.9 Å². The first-order valence-electron chi connectivity index (χ1n) is 7.36. The number of fused-ring (bicyclic) bond motifs is 1. The monoisotopic (exact) mass is 354 g/mol. The van der Waals surface area contributed by atoms with Crippen molar-refractivity contribution in [3.8, 4) is 6.07 Å². The number of carbonyl (C=O) groups excluding carboxylic acids is 1. The second-order valence-electron chi connectivity index (χ2n) is 5.79. The number of rotatable bonds is 2. The van der Waals surface area contributed by atoms with E-state index in [2.05, 4.69) is 5.32 Å². The number of amides is 1. The van der Waals surface area contributed by atoms with Gasteiger partial charge in [-0.2, -0.15) is 18.4 Å². The molecule has 2 fully saturated rings. The van der Waals surface area contributed by atoms with Gasteiger partial charge < -0.3 is 10.4 Å². The van der Waals surface area contributed by atoms with Crippen LogP contribution in [0.5, 0.6) is 0 Å². The molecule has 7 nitrogen and oxygen atoms in total. The summed E-state index contributed by atoms with van der Waals surface area (Å²) in [6, 6.07) is 2.81. The fourth-order valence-electron chi connectivity index (χ4n) is 3.12. The normalized spacial score (nSPS) is 24.1. The molecule has 2 heterocycles. The number of nitriles is 1. The highest BCUT2D eigenvalue weighted by atomic mass is 19.4. The number of nitrogens with zero attached hydrogens (tertiary/aromatic N) is 3. The smallest absolute Gasteiger partial charge is 0.417 e. The van der Waals surface area contributed by atoms with Crippen molar-refractivity contribution < 1.29 is 27.9 Å². The second kappa shape index (κ2) is 6.02. The van der Waals surface area contributed by atoms with Gasteiger partial charge in [-0.15, -0.1) is 0 Å². The van der Waals surface area contributed by atoms with Gasteiger partial charge >= 0.3 is 12.1 Å². The third-order valence-electron chi connectivity index (χ3n) is 4.36. The van der Waals surface area contributed by atoms with Crippen LogP contribution in [0.2, 0.25) is 0 Å². The average molecular weight is 354 g/mol. The van der Waals surface area contributed by atoms with Crippen molar-refractivity contribution in [2.75, 3.05) is 24.7 Å². The Morgan fingerprint density at radius 1 is 1.36 bits per heavy atom. The number of hydrogen-bond donors (Lipinski definition) is 2. The lowest BCUT2D eigenvalue weighted by molar-refractivity contribution is -0.144. The molecule has 0 spiro atoms. The van der Waals surface area contributed by atoms with Crippen LogP contribution in [0.4, 0.5) is 18.9 Å². The van der Waals surface area contributed by atoms with Crippen LogP contribution >= 0.6 is 0 Å². The molecule has 0 aromatic heterocycles. The highest BCUT2D eigenvalue weighted by molar-refractivity contribution is 6.00. The van der Waals surface area contributed by atoms with Gasteiger partial charge in [0.25, 0.3) is 0 Å². The number of halogens is 3. The van der Waals surface area contributed by atoms with Gasteiger partial charge in [0, 0.05) is 18.8 Å². The van der Waals surface area contributed by atoms with E-state index in [1.807, 2.05) is 0 Å². The van der Waals surface area contributed by atoms with Crippen molar-refractivity contribution in [2.45, 2.75) is 18.3 Å². The SMILES string of the molecule is N#Cc1ccc(N2CN3C(C(=O)O)CNCC3C2=O)cc1C(F)(F)F. The summed E-state index contributed by atoms with van der Waals surface area (Å²) in [6.45, 7) is 0.251. The lowest BCUT2D eigenvalue weighted by Crippen LogP contribution is -2.59. The van der Waals surface area contributed by atoms with E-state index in [9.17, 15) is 27.9 Å². The maximum atomic E-state index is 13.1. The molecule has 25 heavy (non-hydrogen) atoms. The molecule has 1 amide bonds. The first kappa shape index (κ1) is 17.2. The van der Waals surface area contributed by atoms with Crippen molar-refractivity contribution in [1.82, 2.24) is 10.2 Å². The largest absolute Gasteiger partial charge is 0.480 e. The molecule has 2 unspecified atom stereocenters. The number of nitrogens with one attached hydrogen (secondary N) is 1. The van der Waals surface area contributed by atoms with Crippen LogP contribution in [0.1, 0.15) is 11.1 Å². The topological polar surface area (TPSA) is 96.7 Å². The molecule has 2 aliphatic rings. The summed E-state index contributed by atoms with van der Waals surface area (Å²) in [6.07, 6.45) is -4.73. The Bertz CT molecular complexity index is 774. The molecular weight excluding hydrogens is 341 g/mol. The van der Waals surface area contributed by atoms with Crippen LogP contribution in [0.25, 0.3) is 0 Å². The van der Waals surface area contributed by atoms with Gasteiger partial charge in [-0.3, -0.25) is 19.4 Å². The highest BCUT2D eigenvalue weighted by Crippen LogP contribution is 2.36. The highest BCUT2D eigenvalue weighted by Gasteiger charge is 2.47. The summed E-state index contributed by atoms with van der Waals surface area (Å²) in [5, 5.41) is 20.9. The van der Waals surface area contributed by atoms with Crippen LogP contribution in [0.15, 0.2) is 18.2 Å². The van der Waals surface area contributed by atoms with Gasteiger partial charge in [0.15, 0.2) is 0 Å². The zero-order valence-electron chi connectivity index (χ0n) is 12.7. The van der Waals surface area contributed by atoms with Crippen molar-refractivity contribution >= 4 is 17.6 Å². The van der Waals surface area contributed by atoms with E-state index in [-0.39, 0.29) is 25.4 Å². The van der Waals surface area contributed by atoms with Crippen LogP contribution in [0.3, 0.4) is 0 Å². The molecule has 2 N–H and O–H groups in total. The Morgan fingerprint density at radius 3 is 2.68 bits per heavy atom. The molecular formula is C15H13F3N4O3. The number of piperazine rings is 1. The summed E-state index contributed by atoms with van der Waals surface area (Å²) in [7, 11) is 0. The first-order valence-corrected chi connectivity index (χ1v) is 7.36. The van der Waals surface area contributed by atoms with Crippen molar-refractivity contribution in [2.24, 2.45) is 0 Å². The van der Waals surface area contributed by atoms with Crippen LogP contribution in [-0.2, 0) is 15.8 Å². The Morgan fingerprint density at radius 2 is 2.08 bits per heavy atom. The van der Waals surface area contributed by atoms with Crippen molar-refractivity contribution in [3.63, 3.8) is 0 Å². The third kappa shape index (κ3) is 2.92. The second-order valence-corrected chi connectivity index (χ2v) is 5.79. The Hall–Kier alpha value is -2.64. The molecule has 2 saturated heterocycles. The molecule has 1 aromatic rings. The summed E-state index contributed by atoms with van der Waals surface area (Å²) < 4.78 is 39.3. The quantitative estimate of drug-likeness (QED) is 0.808. The number of carboxylic acid groups (broad SMARTS) is 1. The summed E-state index contributed by atoms with van der Waals surface area (Å²) in [5.41, 5.74) is -1.68. The molecule has 0 aliphatic carbocycles. The van der Waals surface area contributed by atoms with Crippen LogP contribution in [0, 0.1) is 11.3 Å². The number of hydrogen-bond acceptors (Lipinski definition) is 5. The van der Waals surface area contributed by atoms with Crippen LogP contribution < -0.4 is 10.2 Å². The van der Waals surface area contributed by atoms with Gasteiger partial charge in [-0.05, 0) is 18.2 Å². The minimum absolute atomic E-state index is 0.0186. The minimum atomic E-state index is -4.73.